The van der Waals surface area contributed by atoms with Crippen LogP contribution >= 0.6 is 11.6 Å². The van der Waals surface area contributed by atoms with E-state index >= 15 is 0 Å². The molecule has 24 heavy (non-hydrogen) atoms. The minimum absolute atomic E-state index is 0.00441. The number of nitrogens with zero attached hydrogens (tertiary/aromatic N) is 1. The largest absolute Gasteiger partial charge is 0.359 e. The molecule has 0 aliphatic carbocycles. The molecule has 0 aliphatic rings. The molecule has 0 saturated carbocycles. The highest BCUT2D eigenvalue weighted by Crippen LogP contribution is 2.35. The molecule has 2 aromatic rings. The maximum Gasteiger partial charge on any atom is 0.271 e. The number of allylic oxidation sites excluding steroid dienone is 1. The summed E-state index contributed by atoms with van der Waals surface area (Å²) in [5, 5.41) is 14.8. The number of benzene rings is 2. The van der Waals surface area contributed by atoms with E-state index in [0.717, 1.165) is 16.8 Å². The van der Waals surface area contributed by atoms with Crippen LogP contribution in [-0.4, -0.2) is 4.92 Å². The van der Waals surface area contributed by atoms with Crippen molar-refractivity contribution in [1.29, 1.82) is 0 Å². The van der Waals surface area contributed by atoms with Gasteiger partial charge in [0.2, 0.25) is 0 Å². The van der Waals surface area contributed by atoms with Crippen molar-refractivity contribution in [2.75, 3.05) is 5.32 Å². The van der Waals surface area contributed by atoms with Crippen LogP contribution in [0.15, 0.2) is 61.3 Å². The maximum atomic E-state index is 11.1. The highest BCUT2D eigenvalue weighted by molar-refractivity contribution is 6.32. The van der Waals surface area contributed by atoms with E-state index in [1.165, 1.54) is 12.1 Å². The van der Waals surface area contributed by atoms with E-state index in [-0.39, 0.29) is 11.6 Å². The molecular weight excluding hydrogens is 324 g/mol. The average molecular weight is 343 g/mol. The number of anilines is 1. The van der Waals surface area contributed by atoms with Crippen LogP contribution in [0.1, 0.15) is 25.0 Å². The minimum Gasteiger partial charge on any atom is -0.359 e. The second kappa shape index (κ2) is 7.32. The summed E-state index contributed by atoms with van der Waals surface area (Å²) >= 11 is 6.25. The first kappa shape index (κ1) is 17.8. The molecule has 0 fully saturated rings. The topological polar surface area (TPSA) is 55.2 Å². The van der Waals surface area contributed by atoms with E-state index in [1.54, 1.807) is 12.1 Å². The fourth-order valence-corrected chi connectivity index (χ4v) is 2.43. The Morgan fingerprint density at radius 2 is 1.83 bits per heavy atom. The van der Waals surface area contributed by atoms with Crippen molar-refractivity contribution in [3.8, 4) is 0 Å². The third-order valence-corrected chi connectivity index (χ3v) is 4.06. The molecule has 0 atom stereocenters. The normalized spacial score (nSPS) is 10.5. The van der Waals surface area contributed by atoms with Gasteiger partial charge in [-0.3, -0.25) is 10.1 Å². The van der Waals surface area contributed by atoms with Crippen LogP contribution in [0.2, 0.25) is 5.02 Å². The highest BCUT2D eigenvalue weighted by Gasteiger charge is 2.16. The molecule has 4 nitrogen and oxygen atoms in total. The van der Waals surface area contributed by atoms with Crippen molar-refractivity contribution in [1.82, 2.24) is 0 Å². The van der Waals surface area contributed by atoms with Crippen LogP contribution in [0.5, 0.6) is 0 Å². The Balaban J connectivity index is 2.52. The predicted octanol–water partition coefficient (Wildman–Crippen LogP) is 5.89. The molecule has 0 aromatic heterocycles. The van der Waals surface area contributed by atoms with Crippen molar-refractivity contribution in [3.63, 3.8) is 0 Å². The fraction of sp³-hybridized carbons (Fsp3) is 0.158. The summed E-state index contributed by atoms with van der Waals surface area (Å²) in [5.74, 6) is 0.186. The number of halogens is 1. The second-order valence-corrected chi connectivity index (χ2v) is 6.16. The Kier molecular flexibility index (Phi) is 5.42. The SMILES string of the molecule is C=C(c1ccccc1Cl)c1ccc([N+](=O)[O-])cc1NC(=C)C(C)C. The van der Waals surface area contributed by atoms with E-state index in [0.29, 0.717) is 16.3 Å². The van der Waals surface area contributed by atoms with Crippen molar-refractivity contribution >= 4 is 28.5 Å². The lowest BCUT2D eigenvalue weighted by molar-refractivity contribution is -0.384. The molecule has 0 spiro atoms. The maximum absolute atomic E-state index is 11.1. The number of nitro groups is 1. The van der Waals surface area contributed by atoms with Gasteiger partial charge in [0, 0.05) is 34.0 Å². The smallest absolute Gasteiger partial charge is 0.271 e. The van der Waals surface area contributed by atoms with Crippen LogP contribution in [0, 0.1) is 16.0 Å². The lowest BCUT2D eigenvalue weighted by Gasteiger charge is -2.18. The van der Waals surface area contributed by atoms with E-state index < -0.39 is 4.92 Å². The summed E-state index contributed by atoms with van der Waals surface area (Å²) < 4.78 is 0. The second-order valence-electron chi connectivity index (χ2n) is 5.75. The van der Waals surface area contributed by atoms with Crippen molar-refractivity contribution in [2.45, 2.75) is 13.8 Å². The number of hydrogen-bond donors (Lipinski definition) is 1. The number of non-ortho nitro benzene ring substituents is 1. The molecule has 0 bridgehead atoms. The van der Waals surface area contributed by atoms with Gasteiger partial charge in [-0.05, 0) is 23.6 Å². The molecule has 2 rings (SSSR count). The van der Waals surface area contributed by atoms with Crippen LogP contribution in [0.4, 0.5) is 11.4 Å². The van der Waals surface area contributed by atoms with Crippen LogP contribution in [0.3, 0.4) is 0 Å². The summed E-state index contributed by atoms with van der Waals surface area (Å²) in [4.78, 5) is 10.7. The summed E-state index contributed by atoms with van der Waals surface area (Å²) in [7, 11) is 0. The van der Waals surface area contributed by atoms with Gasteiger partial charge in [0.25, 0.3) is 5.69 Å². The molecule has 0 aliphatic heterocycles. The summed E-state index contributed by atoms with van der Waals surface area (Å²) in [6.07, 6.45) is 0. The van der Waals surface area contributed by atoms with E-state index in [4.69, 9.17) is 11.6 Å². The standard InChI is InChI=1S/C19H19ClN2O2/c1-12(2)14(4)21-19-11-15(22(23)24)9-10-17(19)13(3)16-7-5-6-8-18(16)20/h5-12,21H,3-4H2,1-2H3. The van der Waals surface area contributed by atoms with Gasteiger partial charge in [-0.2, -0.15) is 0 Å². The van der Waals surface area contributed by atoms with Crippen molar-refractivity contribution in [3.05, 3.63) is 87.6 Å². The molecule has 2 aromatic carbocycles. The molecular formula is C19H19ClN2O2. The quantitative estimate of drug-likeness (QED) is 0.526. The third-order valence-electron chi connectivity index (χ3n) is 3.73. The zero-order valence-electron chi connectivity index (χ0n) is 13.7. The summed E-state index contributed by atoms with van der Waals surface area (Å²) in [6, 6.07) is 12.0. The molecule has 1 N–H and O–H groups in total. The highest BCUT2D eigenvalue weighted by atomic mass is 35.5. The Bertz CT molecular complexity index is 813. The number of rotatable bonds is 6. The Morgan fingerprint density at radius 3 is 2.42 bits per heavy atom. The average Bonchev–Trinajstić information content (AvgIpc) is 2.54. The zero-order chi connectivity index (χ0) is 17.9. The third kappa shape index (κ3) is 3.84. The first-order chi connectivity index (χ1) is 11.3. The predicted molar refractivity (Wildman–Crippen MR) is 100 cm³/mol. The molecule has 0 radical (unpaired) electrons. The number of nitrogens with one attached hydrogen (secondary N) is 1. The lowest BCUT2D eigenvalue weighted by atomic mass is 9.97. The van der Waals surface area contributed by atoms with E-state index in [1.807, 2.05) is 32.0 Å². The monoisotopic (exact) mass is 342 g/mol. The van der Waals surface area contributed by atoms with Gasteiger partial charge in [-0.1, -0.05) is 56.8 Å². The Hall–Kier alpha value is -2.59. The van der Waals surface area contributed by atoms with Gasteiger partial charge in [-0.25, -0.2) is 0 Å². The van der Waals surface area contributed by atoms with Crippen LogP contribution in [0.25, 0.3) is 5.57 Å². The van der Waals surface area contributed by atoms with E-state index in [2.05, 4.69) is 18.5 Å². The molecule has 0 unspecified atom stereocenters. The lowest BCUT2D eigenvalue weighted by Crippen LogP contribution is -2.07. The van der Waals surface area contributed by atoms with Gasteiger partial charge in [0.1, 0.15) is 0 Å². The molecule has 124 valence electrons. The van der Waals surface area contributed by atoms with Crippen molar-refractivity contribution in [2.24, 2.45) is 5.92 Å². The molecule has 0 amide bonds. The van der Waals surface area contributed by atoms with Gasteiger partial charge >= 0.3 is 0 Å². The van der Waals surface area contributed by atoms with Crippen LogP contribution < -0.4 is 5.32 Å². The first-order valence-corrected chi connectivity index (χ1v) is 7.87. The fourth-order valence-electron chi connectivity index (χ4n) is 2.18. The number of nitro benzene ring substituents is 1. The first-order valence-electron chi connectivity index (χ1n) is 7.49. The Morgan fingerprint density at radius 1 is 1.17 bits per heavy atom. The van der Waals surface area contributed by atoms with Gasteiger partial charge < -0.3 is 5.32 Å². The minimum atomic E-state index is -0.425. The zero-order valence-corrected chi connectivity index (χ0v) is 14.4. The number of hydrogen-bond acceptors (Lipinski definition) is 3. The van der Waals surface area contributed by atoms with Gasteiger partial charge in [0.05, 0.1) is 10.6 Å². The molecule has 0 heterocycles. The molecule has 0 saturated heterocycles. The van der Waals surface area contributed by atoms with Crippen molar-refractivity contribution < 1.29 is 4.92 Å². The summed E-state index contributed by atoms with van der Waals surface area (Å²) in [5.41, 5.74) is 3.58. The van der Waals surface area contributed by atoms with Gasteiger partial charge in [0.15, 0.2) is 0 Å². The van der Waals surface area contributed by atoms with Gasteiger partial charge in [-0.15, -0.1) is 0 Å². The summed E-state index contributed by atoms with van der Waals surface area (Å²) in [6.45, 7) is 12.1. The van der Waals surface area contributed by atoms with E-state index in [9.17, 15) is 10.1 Å². The molecule has 5 heteroatoms. The van der Waals surface area contributed by atoms with Crippen LogP contribution in [-0.2, 0) is 0 Å². The Labute approximate surface area is 146 Å².